The van der Waals surface area contributed by atoms with Crippen LogP contribution in [0.5, 0.6) is 0 Å². The van der Waals surface area contributed by atoms with Gasteiger partial charge >= 0.3 is 0 Å². The largest absolute Gasteiger partial charge is 0.348 e. The summed E-state index contributed by atoms with van der Waals surface area (Å²) in [6, 6.07) is 16.5. The maximum atomic E-state index is 12.4. The van der Waals surface area contributed by atoms with Gasteiger partial charge in [-0.25, -0.2) is 0 Å². The fraction of sp³-hybridized carbons (Fsp3) is 0.143. The summed E-state index contributed by atoms with van der Waals surface area (Å²) < 4.78 is 0. The third-order valence-corrected chi connectivity index (χ3v) is 3.95. The molecule has 2 heterocycles. The fourth-order valence-corrected chi connectivity index (χ4v) is 2.57. The van der Waals surface area contributed by atoms with Crippen LogP contribution in [0, 0.1) is 6.92 Å². The Morgan fingerprint density at radius 3 is 2.48 bits per heavy atom. The first kappa shape index (κ1) is 18.3. The lowest BCUT2D eigenvalue weighted by Gasteiger charge is -2.08. The molecular weight excluding hydrogens is 340 g/mol. The molecule has 0 fully saturated rings. The van der Waals surface area contributed by atoms with Crippen LogP contribution in [0.4, 0.5) is 0 Å². The van der Waals surface area contributed by atoms with Crippen LogP contribution in [0.15, 0.2) is 67.0 Å². The lowest BCUT2D eigenvalue weighted by Crippen LogP contribution is -2.26. The first-order chi connectivity index (χ1) is 13.1. The van der Waals surface area contributed by atoms with Crippen LogP contribution in [0.1, 0.15) is 37.7 Å². The molecular formula is C21H20N4O2. The van der Waals surface area contributed by atoms with E-state index in [1.165, 1.54) is 12.3 Å². The zero-order valence-corrected chi connectivity index (χ0v) is 15.0. The van der Waals surface area contributed by atoms with Crippen LogP contribution in [0.2, 0.25) is 0 Å². The van der Waals surface area contributed by atoms with Crippen LogP contribution < -0.4 is 10.6 Å². The normalized spacial score (nSPS) is 10.3. The molecule has 27 heavy (non-hydrogen) atoms. The van der Waals surface area contributed by atoms with Crippen LogP contribution >= 0.6 is 0 Å². The molecule has 0 aliphatic heterocycles. The summed E-state index contributed by atoms with van der Waals surface area (Å²) in [4.78, 5) is 32.9. The highest BCUT2D eigenvalue weighted by atomic mass is 16.2. The third kappa shape index (κ3) is 5.22. The van der Waals surface area contributed by atoms with Gasteiger partial charge in [0.15, 0.2) is 0 Å². The van der Waals surface area contributed by atoms with Gasteiger partial charge in [-0.1, -0.05) is 35.9 Å². The molecule has 0 saturated carbocycles. The van der Waals surface area contributed by atoms with Crippen molar-refractivity contribution in [2.24, 2.45) is 0 Å². The molecule has 2 amide bonds. The van der Waals surface area contributed by atoms with E-state index in [-0.39, 0.29) is 17.5 Å². The average molecular weight is 360 g/mol. The molecule has 3 aromatic rings. The molecule has 0 bridgehead atoms. The highest BCUT2D eigenvalue weighted by Crippen LogP contribution is 2.06. The maximum Gasteiger partial charge on any atom is 0.270 e. The number of benzene rings is 1. The molecule has 3 rings (SSSR count). The molecule has 0 atom stereocenters. The predicted molar refractivity (Wildman–Crippen MR) is 102 cm³/mol. The summed E-state index contributed by atoms with van der Waals surface area (Å²) in [5.41, 5.74) is 3.48. The lowest BCUT2D eigenvalue weighted by molar-refractivity contribution is 0.0945. The number of carbonyl (C=O) groups excluding carboxylic acids is 2. The first-order valence-electron chi connectivity index (χ1n) is 8.60. The second-order valence-electron chi connectivity index (χ2n) is 6.11. The molecule has 2 aromatic heterocycles. The Morgan fingerprint density at radius 2 is 1.70 bits per heavy atom. The Labute approximate surface area is 157 Å². The summed E-state index contributed by atoms with van der Waals surface area (Å²) in [5.74, 6) is -0.605. The van der Waals surface area contributed by atoms with Crippen molar-refractivity contribution < 1.29 is 9.59 Å². The Bertz CT molecular complexity index is 942. The number of nitrogens with one attached hydrogen (secondary N) is 2. The average Bonchev–Trinajstić information content (AvgIpc) is 2.71. The van der Waals surface area contributed by atoms with Gasteiger partial charge in [0.25, 0.3) is 11.8 Å². The van der Waals surface area contributed by atoms with E-state index < -0.39 is 0 Å². The molecule has 2 N–H and O–H groups in total. The molecule has 6 heteroatoms. The first-order valence-corrected chi connectivity index (χ1v) is 8.60. The minimum absolute atomic E-state index is 0.189. The molecule has 0 aliphatic carbocycles. The van der Waals surface area contributed by atoms with Crippen LogP contribution in [-0.4, -0.2) is 21.8 Å². The minimum atomic E-state index is -0.353. The number of hydrogen-bond acceptors (Lipinski definition) is 4. The second kappa shape index (κ2) is 8.71. The minimum Gasteiger partial charge on any atom is -0.348 e. The standard InChI is InChI=1S/C21H20N4O2/c1-15-5-4-6-16(11-15)13-24-20(26)17-8-10-23-19(12-17)21(27)25-14-18-7-2-3-9-22-18/h2-12H,13-14H2,1H3,(H,24,26)(H,25,27). The molecule has 6 nitrogen and oxygen atoms in total. The topological polar surface area (TPSA) is 84.0 Å². The molecule has 136 valence electrons. The van der Waals surface area contributed by atoms with E-state index in [4.69, 9.17) is 0 Å². The smallest absolute Gasteiger partial charge is 0.270 e. The van der Waals surface area contributed by atoms with E-state index in [1.54, 1.807) is 12.3 Å². The molecule has 0 saturated heterocycles. The number of carbonyl (C=O) groups is 2. The Hall–Kier alpha value is -3.54. The van der Waals surface area contributed by atoms with Gasteiger partial charge in [-0.2, -0.15) is 0 Å². The predicted octanol–water partition coefficient (Wildman–Crippen LogP) is 2.65. The molecule has 0 aliphatic rings. The summed E-state index contributed by atoms with van der Waals surface area (Å²) in [6.07, 6.45) is 3.12. The Morgan fingerprint density at radius 1 is 0.852 bits per heavy atom. The van der Waals surface area contributed by atoms with Crippen molar-refractivity contribution in [3.8, 4) is 0 Å². The SMILES string of the molecule is Cc1cccc(CNC(=O)c2ccnc(C(=O)NCc3ccccn3)c2)c1. The quantitative estimate of drug-likeness (QED) is 0.708. The van der Waals surface area contributed by atoms with Gasteiger partial charge in [-0.05, 0) is 36.8 Å². The number of pyridine rings is 2. The van der Waals surface area contributed by atoms with Crippen LogP contribution in [0.25, 0.3) is 0 Å². The summed E-state index contributed by atoms with van der Waals surface area (Å²) in [6.45, 7) is 2.72. The van der Waals surface area contributed by atoms with Gasteiger partial charge < -0.3 is 10.6 Å². The lowest BCUT2D eigenvalue weighted by atomic mass is 10.1. The van der Waals surface area contributed by atoms with E-state index in [0.29, 0.717) is 18.7 Å². The summed E-state index contributed by atoms with van der Waals surface area (Å²) in [7, 11) is 0. The van der Waals surface area contributed by atoms with Crippen molar-refractivity contribution in [3.63, 3.8) is 0 Å². The van der Waals surface area contributed by atoms with Crippen LogP contribution in [-0.2, 0) is 13.1 Å². The van der Waals surface area contributed by atoms with Crippen molar-refractivity contribution in [2.75, 3.05) is 0 Å². The highest BCUT2D eigenvalue weighted by Gasteiger charge is 2.12. The zero-order valence-electron chi connectivity index (χ0n) is 15.0. The number of hydrogen-bond donors (Lipinski definition) is 2. The number of nitrogens with zero attached hydrogens (tertiary/aromatic N) is 2. The van der Waals surface area contributed by atoms with Gasteiger partial charge in [0, 0.05) is 24.5 Å². The van der Waals surface area contributed by atoms with Crippen molar-refractivity contribution in [3.05, 3.63) is 95.1 Å². The van der Waals surface area contributed by atoms with Gasteiger partial charge in [-0.15, -0.1) is 0 Å². The van der Waals surface area contributed by atoms with Gasteiger partial charge in [0.2, 0.25) is 0 Å². The van der Waals surface area contributed by atoms with Gasteiger partial charge in [0.05, 0.1) is 12.2 Å². The van der Waals surface area contributed by atoms with Gasteiger partial charge in [0.1, 0.15) is 5.69 Å². The second-order valence-corrected chi connectivity index (χ2v) is 6.11. The molecule has 0 unspecified atom stereocenters. The third-order valence-electron chi connectivity index (χ3n) is 3.95. The van der Waals surface area contributed by atoms with Crippen molar-refractivity contribution in [2.45, 2.75) is 20.0 Å². The Kier molecular flexibility index (Phi) is 5.89. The van der Waals surface area contributed by atoms with E-state index >= 15 is 0 Å². The monoisotopic (exact) mass is 360 g/mol. The van der Waals surface area contributed by atoms with E-state index in [1.807, 2.05) is 49.4 Å². The zero-order chi connectivity index (χ0) is 19.1. The fourth-order valence-electron chi connectivity index (χ4n) is 2.57. The number of aromatic nitrogens is 2. The highest BCUT2D eigenvalue weighted by molar-refractivity contribution is 5.98. The maximum absolute atomic E-state index is 12.4. The number of aryl methyl sites for hydroxylation is 1. The molecule has 0 radical (unpaired) electrons. The van der Waals surface area contributed by atoms with E-state index in [2.05, 4.69) is 20.6 Å². The molecule has 1 aromatic carbocycles. The van der Waals surface area contributed by atoms with E-state index in [9.17, 15) is 9.59 Å². The van der Waals surface area contributed by atoms with Crippen molar-refractivity contribution >= 4 is 11.8 Å². The summed E-state index contributed by atoms with van der Waals surface area (Å²) in [5, 5.41) is 5.61. The van der Waals surface area contributed by atoms with Crippen molar-refractivity contribution in [1.29, 1.82) is 0 Å². The van der Waals surface area contributed by atoms with Crippen molar-refractivity contribution in [1.82, 2.24) is 20.6 Å². The number of rotatable bonds is 6. The van der Waals surface area contributed by atoms with Gasteiger partial charge in [-0.3, -0.25) is 19.6 Å². The number of amides is 2. The summed E-state index contributed by atoms with van der Waals surface area (Å²) >= 11 is 0. The van der Waals surface area contributed by atoms with Crippen LogP contribution in [0.3, 0.4) is 0 Å². The Balaban J connectivity index is 1.60. The molecule has 0 spiro atoms. The van der Waals surface area contributed by atoms with E-state index in [0.717, 1.165) is 16.8 Å².